The quantitative estimate of drug-likeness (QED) is 0.884. The SMILES string of the molecule is CCC(C)(Nc1cccc(Br)c1)C(N)=O. The van der Waals surface area contributed by atoms with Crippen molar-refractivity contribution in [2.24, 2.45) is 5.73 Å². The molecule has 0 heterocycles. The maximum Gasteiger partial charge on any atom is 0.242 e. The zero-order valence-electron chi connectivity index (χ0n) is 8.88. The Morgan fingerprint density at radius 3 is 2.73 bits per heavy atom. The number of halogens is 1. The Labute approximate surface area is 98.2 Å². The fourth-order valence-corrected chi connectivity index (χ4v) is 1.61. The molecular formula is C11H15BrN2O. The van der Waals surface area contributed by atoms with Gasteiger partial charge in [-0.2, -0.15) is 0 Å². The Morgan fingerprint density at radius 2 is 2.27 bits per heavy atom. The van der Waals surface area contributed by atoms with E-state index in [1.807, 2.05) is 31.2 Å². The van der Waals surface area contributed by atoms with Crippen molar-refractivity contribution in [2.75, 3.05) is 5.32 Å². The monoisotopic (exact) mass is 270 g/mol. The van der Waals surface area contributed by atoms with Gasteiger partial charge in [-0.1, -0.05) is 28.9 Å². The summed E-state index contributed by atoms with van der Waals surface area (Å²) in [6, 6.07) is 7.65. The summed E-state index contributed by atoms with van der Waals surface area (Å²) in [4.78, 5) is 11.3. The molecule has 1 atom stereocenters. The molecule has 0 saturated heterocycles. The summed E-state index contributed by atoms with van der Waals surface area (Å²) in [5.74, 6) is -0.343. The molecule has 0 aliphatic heterocycles. The highest BCUT2D eigenvalue weighted by molar-refractivity contribution is 9.10. The number of primary amides is 1. The van der Waals surface area contributed by atoms with Gasteiger partial charge in [-0.3, -0.25) is 4.79 Å². The lowest BCUT2D eigenvalue weighted by Gasteiger charge is -2.27. The van der Waals surface area contributed by atoms with Crippen LogP contribution in [0.2, 0.25) is 0 Å². The Morgan fingerprint density at radius 1 is 1.60 bits per heavy atom. The van der Waals surface area contributed by atoms with Crippen LogP contribution in [0, 0.1) is 0 Å². The highest BCUT2D eigenvalue weighted by Crippen LogP contribution is 2.21. The number of nitrogens with two attached hydrogens (primary N) is 1. The van der Waals surface area contributed by atoms with E-state index in [0.29, 0.717) is 6.42 Å². The molecule has 0 aliphatic carbocycles. The molecular weight excluding hydrogens is 256 g/mol. The zero-order valence-corrected chi connectivity index (χ0v) is 10.5. The minimum absolute atomic E-state index is 0.343. The van der Waals surface area contributed by atoms with Gasteiger partial charge in [-0.05, 0) is 31.5 Å². The van der Waals surface area contributed by atoms with Gasteiger partial charge in [0, 0.05) is 10.2 Å². The van der Waals surface area contributed by atoms with Crippen LogP contribution < -0.4 is 11.1 Å². The van der Waals surface area contributed by atoms with Crippen molar-refractivity contribution in [2.45, 2.75) is 25.8 Å². The van der Waals surface area contributed by atoms with Gasteiger partial charge in [0.25, 0.3) is 0 Å². The van der Waals surface area contributed by atoms with Crippen molar-refractivity contribution in [3.05, 3.63) is 28.7 Å². The van der Waals surface area contributed by atoms with E-state index < -0.39 is 5.54 Å². The molecule has 1 unspecified atom stereocenters. The van der Waals surface area contributed by atoms with Crippen LogP contribution in [0.1, 0.15) is 20.3 Å². The summed E-state index contributed by atoms with van der Waals surface area (Å²) in [5.41, 5.74) is 5.54. The van der Waals surface area contributed by atoms with Gasteiger partial charge < -0.3 is 11.1 Å². The van der Waals surface area contributed by atoms with E-state index in [4.69, 9.17) is 5.73 Å². The third-order valence-electron chi connectivity index (χ3n) is 2.50. The number of nitrogens with one attached hydrogen (secondary N) is 1. The Bertz CT molecular complexity index is 367. The average Bonchev–Trinajstić information content (AvgIpc) is 2.17. The molecule has 1 rings (SSSR count). The number of benzene rings is 1. The number of anilines is 1. The van der Waals surface area contributed by atoms with Gasteiger partial charge in [0.05, 0.1) is 0 Å². The van der Waals surface area contributed by atoms with Gasteiger partial charge in [0.1, 0.15) is 5.54 Å². The summed E-state index contributed by atoms with van der Waals surface area (Å²) in [5, 5.41) is 3.14. The van der Waals surface area contributed by atoms with E-state index in [1.54, 1.807) is 6.92 Å². The largest absolute Gasteiger partial charge is 0.371 e. The van der Waals surface area contributed by atoms with Crippen molar-refractivity contribution >= 4 is 27.5 Å². The molecule has 82 valence electrons. The highest BCUT2D eigenvalue weighted by atomic mass is 79.9. The molecule has 0 aliphatic rings. The second-order valence-corrected chi connectivity index (χ2v) is 4.60. The minimum atomic E-state index is -0.694. The maximum atomic E-state index is 11.3. The van der Waals surface area contributed by atoms with Crippen LogP contribution in [0.3, 0.4) is 0 Å². The summed E-state index contributed by atoms with van der Waals surface area (Å²) in [7, 11) is 0. The van der Waals surface area contributed by atoms with Gasteiger partial charge >= 0.3 is 0 Å². The topological polar surface area (TPSA) is 55.1 Å². The molecule has 0 radical (unpaired) electrons. The molecule has 0 bridgehead atoms. The number of hydrogen-bond acceptors (Lipinski definition) is 2. The predicted molar refractivity (Wildman–Crippen MR) is 65.7 cm³/mol. The molecule has 1 aromatic rings. The molecule has 0 spiro atoms. The van der Waals surface area contributed by atoms with E-state index in [9.17, 15) is 4.79 Å². The van der Waals surface area contributed by atoms with Crippen LogP contribution in [0.4, 0.5) is 5.69 Å². The minimum Gasteiger partial charge on any atom is -0.371 e. The predicted octanol–water partition coefficient (Wildman–Crippen LogP) is 2.51. The van der Waals surface area contributed by atoms with Gasteiger partial charge in [-0.15, -0.1) is 0 Å². The first-order chi connectivity index (χ1) is 6.98. The average molecular weight is 271 g/mol. The normalized spacial score (nSPS) is 14.3. The molecule has 0 fully saturated rings. The van der Waals surface area contributed by atoms with Crippen LogP contribution >= 0.6 is 15.9 Å². The Hall–Kier alpha value is -1.03. The first-order valence-corrected chi connectivity index (χ1v) is 5.61. The van der Waals surface area contributed by atoms with Crippen molar-refractivity contribution < 1.29 is 4.79 Å². The second kappa shape index (κ2) is 4.66. The molecule has 0 saturated carbocycles. The number of carbonyl (C=O) groups excluding carboxylic acids is 1. The lowest BCUT2D eigenvalue weighted by Crippen LogP contribution is -2.47. The van der Waals surface area contributed by atoms with Crippen molar-refractivity contribution in [3.63, 3.8) is 0 Å². The van der Waals surface area contributed by atoms with Crippen molar-refractivity contribution in [3.8, 4) is 0 Å². The van der Waals surface area contributed by atoms with Gasteiger partial charge in [0.2, 0.25) is 5.91 Å². The van der Waals surface area contributed by atoms with E-state index in [2.05, 4.69) is 21.2 Å². The number of amides is 1. The van der Waals surface area contributed by atoms with E-state index >= 15 is 0 Å². The van der Waals surface area contributed by atoms with Crippen LogP contribution in [-0.2, 0) is 4.79 Å². The lowest BCUT2D eigenvalue weighted by molar-refractivity contribution is -0.121. The molecule has 1 aromatic carbocycles. The molecule has 3 nitrogen and oxygen atoms in total. The molecule has 0 aromatic heterocycles. The van der Waals surface area contributed by atoms with Crippen LogP contribution in [0.5, 0.6) is 0 Å². The molecule has 1 amide bonds. The van der Waals surface area contributed by atoms with Gasteiger partial charge in [0.15, 0.2) is 0 Å². The number of carbonyl (C=O) groups is 1. The van der Waals surface area contributed by atoms with Crippen LogP contribution in [0.25, 0.3) is 0 Å². The van der Waals surface area contributed by atoms with Gasteiger partial charge in [-0.25, -0.2) is 0 Å². The molecule has 4 heteroatoms. The smallest absolute Gasteiger partial charge is 0.242 e. The summed E-state index contributed by atoms with van der Waals surface area (Å²) in [6.07, 6.45) is 0.648. The Kier molecular flexibility index (Phi) is 3.74. The zero-order chi connectivity index (χ0) is 11.5. The number of hydrogen-bond donors (Lipinski definition) is 2. The van der Waals surface area contributed by atoms with E-state index in [0.717, 1.165) is 10.2 Å². The number of rotatable bonds is 4. The fourth-order valence-electron chi connectivity index (χ4n) is 1.21. The summed E-state index contributed by atoms with van der Waals surface area (Å²) >= 11 is 3.37. The summed E-state index contributed by atoms with van der Waals surface area (Å²) < 4.78 is 0.968. The second-order valence-electron chi connectivity index (χ2n) is 3.69. The fraction of sp³-hybridized carbons (Fsp3) is 0.364. The maximum absolute atomic E-state index is 11.3. The van der Waals surface area contributed by atoms with E-state index in [-0.39, 0.29) is 5.91 Å². The third-order valence-corrected chi connectivity index (χ3v) is 2.99. The Balaban J connectivity index is 2.89. The van der Waals surface area contributed by atoms with Crippen LogP contribution in [-0.4, -0.2) is 11.4 Å². The lowest BCUT2D eigenvalue weighted by atomic mass is 9.97. The third kappa shape index (κ3) is 2.96. The molecule has 3 N–H and O–H groups in total. The first kappa shape index (κ1) is 12.0. The molecule has 15 heavy (non-hydrogen) atoms. The standard InChI is InChI=1S/C11H15BrN2O/c1-3-11(2,10(13)15)14-9-6-4-5-8(12)7-9/h4-7,14H,3H2,1-2H3,(H2,13,15). The summed E-state index contributed by atoms with van der Waals surface area (Å²) in [6.45, 7) is 3.73. The van der Waals surface area contributed by atoms with E-state index in [1.165, 1.54) is 0 Å². The van der Waals surface area contributed by atoms with Crippen molar-refractivity contribution in [1.82, 2.24) is 0 Å². The van der Waals surface area contributed by atoms with Crippen molar-refractivity contribution in [1.29, 1.82) is 0 Å². The van der Waals surface area contributed by atoms with Crippen LogP contribution in [0.15, 0.2) is 28.7 Å². The first-order valence-electron chi connectivity index (χ1n) is 4.81. The highest BCUT2D eigenvalue weighted by Gasteiger charge is 2.28.